The maximum absolute atomic E-state index is 16.2. The lowest BCUT2D eigenvalue weighted by atomic mass is 9.90. The van der Waals surface area contributed by atoms with Gasteiger partial charge in [0, 0.05) is 62.9 Å². The van der Waals surface area contributed by atoms with Crippen LogP contribution in [0.2, 0.25) is 0 Å². The third kappa shape index (κ3) is 6.13. The average Bonchev–Trinajstić information content (AvgIpc) is 3.79. The van der Waals surface area contributed by atoms with Crippen molar-refractivity contribution in [3.63, 3.8) is 0 Å². The van der Waals surface area contributed by atoms with Gasteiger partial charge in [0.25, 0.3) is 0 Å². The van der Waals surface area contributed by atoms with E-state index in [1.807, 2.05) is 47.8 Å². The molecule has 3 aromatic heterocycles. The van der Waals surface area contributed by atoms with E-state index < -0.39 is 11.6 Å². The summed E-state index contributed by atoms with van der Waals surface area (Å²) in [7, 11) is 6.97. The van der Waals surface area contributed by atoms with Crippen molar-refractivity contribution in [2.75, 3.05) is 48.0 Å². The van der Waals surface area contributed by atoms with E-state index in [-0.39, 0.29) is 48.4 Å². The zero-order chi connectivity index (χ0) is 36.8. The second-order valence-corrected chi connectivity index (χ2v) is 13.4. The molecule has 52 heavy (non-hydrogen) atoms. The Kier molecular flexibility index (Phi) is 9.40. The summed E-state index contributed by atoms with van der Waals surface area (Å²) in [6, 6.07) is 11.0. The molecule has 2 aromatic carbocycles. The van der Waals surface area contributed by atoms with Gasteiger partial charge in [0.05, 0.1) is 42.8 Å². The first-order valence-electron chi connectivity index (χ1n) is 17.1. The van der Waals surface area contributed by atoms with Crippen molar-refractivity contribution in [1.29, 1.82) is 0 Å². The predicted octanol–water partition coefficient (Wildman–Crippen LogP) is 5.86. The minimum absolute atomic E-state index is 0.00380. The van der Waals surface area contributed by atoms with Gasteiger partial charge in [-0.2, -0.15) is 5.10 Å². The molecule has 11 nitrogen and oxygen atoms in total. The van der Waals surface area contributed by atoms with Crippen LogP contribution in [0.4, 0.5) is 8.78 Å². The molecular formula is C39H40F2N6O5. The van der Waals surface area contributed by atoms with Crippen LogP contribution in [-0.2, 0) is 33.8 Å². The fourth-order valence-electron chi connectivity index (χ4n) is 7.28. The van der Waals surface area contributed by atoms with E-state index in [9.17, 15) is 14.0 Å². The lowest BCUT2D eigenvalue weighted by molar-refractivity contribution is -0.134. The van der Waals surface area contributed by atoms with Crippen LogP contribution in [0.15, 0.2) is 65.8 Å². The first kappa shape index (κ1) is 35.0. The SMILES string of the molecule is C=CC(=O)N1CCn2nc(-c3nc(-c4ccc5c(c4)CN(C)C(C(=O)N(C)C)C5)c4occc4c3-c3c(F)cc(F)cc3OCCOC)cc2C1C. The van der Waals surface area contributed by atoms with E-state index >= 15 is 4.39 Å². The van der Waals surface area contributed by atoms with Crippen LogP contribution < -0.4 is 4.74 Å². The highest BCUT2D eigenvalue weighted by Crippen LogP contribution is 2.46. The first-order chi connectivity index (χ1) is 25.0. The smallest absolute Gasteiger partial charge is 0.246 e. The second-order valence-electron chi connectivity index (χ2n) is 13.4. The van der Waals surface area contributed by atoms with Gasteiger partial charge in [-0.25, -0.2) is 13.8 Å². The third-order valence-electron chi connectivity index (χ3n) is 9.95. The molecule has 7 rings (SSSR count). The summed E-state index contributed by atoms with van der Waals surface area (Å²) < 4.78 is 49.9. The van der Waals surface area contributed by atoms with Crippen LogP contribution in [0, 0.1) is 11.6 Å². The Morgan fingerprint density at radius 1 is 1.06 bits per heavy atom. The number of benzene rings is 2. The Balaban J connectivity index is 1.43. The Bertz CT molecular complexity index is 2210. The minimum atomic E-state index is -0.843. The highest BCUT2D eigenvalue weighted by molar-refractivity contribution is 6.06. The van der Waals surface area contributed by atoms with E-state index in [1.165, 1.54) is 19.4 Å². The van der Waals surface area contributed by atoms with E-state index in [1.54, 1.807) is 30.0 Å². The summed E-state index contributed by atoms with van der Waals surface area (Å²) in [4.78, 5) is 36.1. The van der Waals surface area contributed by atoms with Crippen molar-refractivity contribution in [3.8, 4) is 39.5 Å². The summed E-state index contributed by atoms with van der Waals surface area (Å²) in [5.74, 6) is -1.81. The van der Waals surface area contributed by atoms with Crippen LogP contribution in [-0.4, -0.2) is 95.3 Å². The van der Waals surface area contributed by atoms with Crippen molar-refractivity contribution >= 4 is 22.8 Å². The molecule has 5 aromatic rings. The van der Waals surface area contributed by atoms with Crippen LogP contribution in [0.1, 0.15) is 29.8 Å². The molecule has 13 heteroatoms. The van der Waals surface area contributed by atoms with E-state index in [0.717, 1.165) is 34.5 Å². The van der Waals surface area contributed by atoms with Gasteiger partial charge < -0.3 is 23.7 Å². The minimum Gasteiger partial charge on any atom is -0.490 e. The Morgan fingerprint density at radius 2 is 1.87 bits per heavy atom. The molecule has 0 saturated carbocycles. The maximum Gasteiger partial charge on any atom is 0.246 e. The lowest BCUT2D eigenvalue weighted by Gasteiger charge is -2.34. The second kappa shape index (κ2) is 14.0. The van der Waals surface area contributed by atoms with Crippen molar-refractivity contribution in [1.82, 2.24) is 29.5 Å². The number of methoxy groups -OCH3 is 1. The summed E-state index contributed by atoms with van der Waals surface area (Å²) in [5.41, 5.74) is 5.63. The van der Waals surface area contributed by atoms with Crippen molar-refractivity contribution < 1.29 is 32.3 Å². The van der Waals surface area contributed by atoms with Gasteiger partial charge in [0.2, 0.25) is 11.8 Å². The molecule has 2 atom stereocenters. The average molecular weight is 711 g/mol. The molecule has 0 radical (unpaired) electrons. The standard InChI is InChI=1S/C39H40F2N6O5/c1-7-33(48)46-11-12-47-30(22(46)2)20-29(43-47)37-34(35-28(41)18-26(40)19-32(35)51-15-14-50-6)27-10-13-52-38(27)36(42-37)24-9-8-23-17-31(39(49)44(3)4)45(5)21-25(23)16-24/h7-10,13,16,18-20,22,31H,1,11-12,14-15,17,21H2,2-6H3. The largest absolute Gasteiger partial charge is 0.490 e. The number of hydrogen-bond donors (Lipinski definition) is 0. The number of fused-ring (bicyclic) bond motifs is 3. The molecule has 0 bridgehead atoms. The van der Waals surface area contributed by atoms with Crippen LogP contribution in [0.5, 0.6) is 5.75 Å². The number of ether oxygens (including phenoxy) is 2. The molecule has 2 unspecified atom stereocenters. The quantitative estimate of drug-likeness (QED) is 0.138. The summed E-state index contributed by atoms with van der Waals surface area (Å²) in [5, 5.41) is 5.46. The van der Waals surface area contributed by atoms with Crippen molar-refractivity contribution in [2.24, 2.45) is 0 Å². The number of rotatable bonds is 9. The van der Waals surface area contributed by atoms with E-state index in [0.29, 0.717) is 59.7 Å². The van der Waals surface area contributed by atoms with Gasteiger partial charge in [-0.3, -0.25) is 19.2 Å². The fraction of sp³-hybridized carbons (Fsp3) is 0.333. The predicted molar refractivity (Wildman–Crippen MR) is 191 cm³/mol. The molecule has 0 fully saturated rings. The topological polar surface area (TPSA) is 106 Å². The van der Waals surface area contributed by atoms with Gasteiger partial charge in [-0.05, 0) is 55.8 Å². The summed E-state index contributed by atoms with van der Waals surface area (Å²) in [6.07, 6.45) is 3.37. The van der Waals surface area contributed by atoms with Gasteiger partial charge in [-0.15, -0.1) is 0 Å². The monoisotopic (exact) mass is 710 g/mol. The molecule has 0 aliphatic carbocycles. The molecule has 2 amide bonds. The number of halogens is 2. The first-order valence-corrected chi connectivity index (χ1v) is 17.1. The zero-order valence-corrected chi connectivity index (χ0v) is 29.8. The molecular weight excluding hydrogens is 670 g/mol. The maximum atomic E-state index is 16.2. The van der Waals surface area contributed by atoms with Crippen LogP contribution >= 0.6 is 0 Å². The van der Waals surface area contributed by atoms with Gasteiger partial charge in [0.1, 0.15) is 41.1 Å². The summed E-state index contributed by atoms with van der Waals surface area (Å²) >= 11 is 0. The highest BCUT2D eigenvalue weighted by atomic mass is 19.1. The molecule has 5 heterocycles. The number of furan rings is 1. The number of hydrogen-bond acceptors (Lipinski definition) is 8. The number of carbonyl (C=O) groups is 2. The number of pyridine rings is 1. The fourth-order valence-corrected chi connectivity index (χ4v) is 7.28. The molecule has 2 aliphatic rings. The molecule has 0 N–H and O–H groups in total. The van der Waals surface area contributed by atoms with Gasteiger partial charge in [0.15, 0.2) is 5.58 Å². The number of amides is 2. The number of likely N-dealkylation sites (N-methyl/N-ethyl adjacent to an activating group) is 2. The van der Waals surface area contributed by atoms with Gasteiger partial charge >= 0.3 is 0 Å². The summed E-state index contributed by atoms with van der Waals surface area (Å²) in [6.45, 7) is 7.23. The number of carbonyl (C=O) groups excluding carboxylic acids is 2. The Morgan fingerprint density at radius 3 is 2.62 bits per heavy atom. The number of aromatic nitrogens is 3. The van der Waals surface area contributed by atoms with Crippen molar-refractivity contribution in [2.45, 2.75) is 38.5 Å². The van der Waals surface area contributed by atoms with Crippen LogP contribution in [0.3, 0.4) is 0 Å². The normalized spacial score (nSPS) is 17.2. The number of nitrogens with zero attached hydrogens (tertiary/aromatic N) is 6. The van der Waals surface area contributed by atoms with Gasteiger partial charge in [-0.1, -0.05) is 18.7 Å². The molecule has 270 valence electrons. The lowest BCUT2D eigenvalue weighted by Crippen LogP contribution is -2.48. The molecule has 0 spiro atoms. The zero-order valence-electron chi connectivity index (χ0n) is 29.8. The highest BCUT2D eigenvalue weighted by Gasteiger charge is 2.33. The van der Waals surface area contributed by atoms with E-state index in [2.05, 4.69) is 6.58 Å². The molecule has 0 saturated heterocycles. The van der Waals surface area contributed by atoms with Crippen molar-refractivity contribution in [3.05, 3.63) is 89.8 Å². The van der Waals surface area contributed by atoms with E-state index in [4.69, 9.17) is 24.0 Å². The Labute approximate surface area is 300 Å². The Hall–Kier alpha value is -5.40. The van der Waals surface area contributed by atoms with Crippen LogP contribution in [0.25, 0.3) is 44.7 Å². The molecule has 2 aliphatic heterocycles. The third-order valence-corrected chi connectivity index (χ3v) is 9.95.